The Bertz CT molecular complexity index is 566. The number of carboxylic acid groups (broad SMARTS) is 1. The lowest BCUT2D eigenvalue weighted by atomic mass is 10.1. The van der Waals surface area contributed by atoms with Gasteiger partial charge in [-0.25, -0.2) is 13.6 Å². The zero-order valence-electron chi connectivity index (χ0n) is 8.48. The van der Waals surface area contributed by atoms with E-state index in [-0.39, 0.29) is 23.4 Å². The molecular formula is C11H7F2NO3. The third-order valence-electron chi connectivity index (χ3n) is 2.16. The molecule has 2 rings (SSSR count). The monoisotopic (exact) mass is 239 g/mol. The molecule has 1 aromatic carbocycles. The van der Waals surface area contributed by atoms with Gasteiger partial charge in [-0.15, -0.1) is 0 Å². The number of hydrogen-bond acceptors (Lipinski definition) is 3. The lowest BCUT2D eigenvalue weighted by Crippen LogP contribution is -1.94. The number of nitrogens with zero attached hydrogens (tertiary/aromatic N) is 1. The molecule has 1 heterocycles. The molecule has 88 valence electrons. The first-order valence-electron chi connectivity index (χ1n) is 4.69. The second kappa shape index (κ2) is 4.32. The van der Waals surface area contributed by atoms with Crippen molar-refractivity contribution in [2.45, 2.75) is 6.42 Å². The van der Waals surface area contributed by atoms with Crippen molar-refractivity contribution in [2.75, 3.05) is 0 Å². The number of halogens is 2. The molecule has 0 radical (unpaired) electrons. The average molecular weight is 239 g/mol. The van der Waals surface area contributed by atoms with Crippen molar-refractivity contribution < 1.29 is 23.2 Å². The molecule has 0 fully saturated rings. The predicted molar refractivity (Wildman–Crippen MR) is 52.6 cm³/mol. The molecule has 0 saturated heterocycles. The van der Waals surface area contributed by atoms with Crippen LogP contribution in [-0.2, 0) is 6.42 Å². The fourth-order valence-electron chi connectivity index (χ4n) is 1.36. The Kier molecular flexibility index (Phi) is 2.86. The van der Waals surface area contributed by atoms with Gasteiger partial charge in [0.15, 0.2) is 0 Å². The van der Waals surface area contributed by atoms with E-state index in [0.29, 0.717) is 0 Å². The van der Waals surface area contributed by atoms with Gasteiger partial charge in [0.25, 0.3) is 0 Å². The van der Waals surface area contributed by atoms with Crippen LogP contribution in [0.3, 0.4) is 0 Å². The van der Waals surface area contributed by atoms with Gasteiger partial charge in [0.2, 0.25) is 5.76 Å². The lowest BCUT2D eigenvalue weighted by Gasteiger charge is -1.99. The standard InChI is InChI=1S/C11H7F2NO3/c12-7-2-1-6(9(13)4-7)3-8-5-10(11(15)16)17-14-8/h1-2,4-5H,3H2,(H,15,16). The molecular weight excluding hydrogens is 232 g/mol. The van der Waals surface area contributed by atoms with Crippen LogP contribution in [0, 0.1) is 11.6 Å². The van der Waals surface area contributed by atoms with E-state index < -0.39 is 17.6 Å². The summed E-state index contributed by atoms with van der Waals surface area (Å²) in [5.41, 5.74) is 0.490. The average Bonchev–Trinajstić information content (AvgIpc) is 2.71. The first kappa shape index (κ1) is 11.3. The van der Waals surface area contributed by atoms with Gasteiger partial charge in [-0.2, -0.15) is 0 Å². The Morgan fingerprint density at radius 3 is 2.71 bits per heavy atom. The minimum atomic E-state index is -1.25. The largest absolute Gasteiger partial charge is 0.475 e. The van der Waals surface area contributed by atoms with Crippen LogP contribution >= 0.6 is 0 Å². The molecule has 0 atom stereocenters. The minimum absolute atomic E-state index is 0.0445. The molecule has 17 heavy (non-hydrogen) atoms. The first-order valence-corrected chi connectivity index (χ1v) is 4.69. The van der Waals surface area contributed by atoms with Crippen LogP contribution in [-0.4, -0.2) is 16.2 Å². The zero-order valence-corrected chi connectivity index (χ0v) is 8.48. The van der Waals surface area contributed by atoms with Crippen LogP contribution in [0.25, 0.3) is 0 Å². The zero-order chi connectivity index (χ0) is 12.4. The van der Waals surface area contributed by atoms with Crippen molar-refractivity contribution in [3.05, 3.63) is 52.9 Å². The highest BCUT2D eigenvalue weighted by Gasteiger charge is 2.13. The summed E-state index contributed by atoms with van der Waals surface area (Å²) in [4.78, 5) is 10.5. The summed E-state index contributed by atoms with van der Waals surface area (Å²) < 4.78 is 30.4. The highest BCUT2D eigenvalue weighted by atomic mass is 19.1. The molecule has 0 aliphatic rings. The van der Waals surface area contributed by atoms with E-state index in [4.69, 9.17) is 5.11 Å². The molecule has 1 N–H and O–H groups in total. The number of hydrogen-bond donors (Lipinski definition) is 1. The predicted octanol–water partition coefficient (Wildman–Crippen LogP) is 2.24. The van der Waals surface area contributed by atoms with Gasteiger partial charge in [-0.3, -0.25) is 0 Å². The topological polar surface area (TPSA) is 63.3 Å². The molecule has 2 aromatic rings. The van der Waals surface area contributed by atoms with Gasteiger partial charge < -0.3 is 9.63 Å². The maximum Gasteiger partial charge on any atom is 0.374 e. The van der Waals surface area contributed by atoms with Crippen molar-refractivity contribution in [2.24, 2.45) is 0 Å². The fraction of sp³-hybridized carbons (Fsp3) is 0.0909. The summed E-state index contributed by atoms with van der Waals surface area (Å²) in [6, 6.07) is 4.36. The maximum atomic E-state index is 13.3. The van der Waals surface area contributed by atoms with Crippen LogP contribution in [0.2, 0.25) is 0 Å². The SMILES string of the molecule is O=C(O)c1cc(Cc2ccc(F)cc2F)no1. The molecule has 0 amide bonds. The smallest absolute Gasteiger partial charge is 0.374 e. The van der Waals surface area contributed by atoms with E-state index in [1.165, 1.54) is 12.1 Å². The maximum absolute atomic E-state index is 13.3. The van der Waals surface area contributed by atoms with E-state index in [1.807, 2.05) is 0 Å². The van der Waals surface area contributed by atoms with Crippen molar-refractivity contribution >= 4 is 5.97 Å². The second-order valence-electron chi connectivity index (χ2n) is 3.40. The molecule has 1 aromatic heterocycles. The van der Waals surface area contributed by atoms with E-state index in [0.717, 1.165) is 12.1 Å². The van der Waals surface area contributed by atoms with Gasteiger partial charge in [0.05, 0.1) is 5.69 Å². The van der Waals surface area contributed by atoms with E-state index in [2.05, 4.69) is 9.68 Å². The number of benzene rings is 1. The van der Waals surface area contributed by atoms with Crippen LogP contribution in [0.15, 0.2) is 28.8 Å². The Hall–Kier alpha value is -2.24. The van der Waals surface area contributed by atoms with Gasteiger partial charge in [-0.1, -0.05) is 11.2 Å². The Morgan fingerprint density at radius 2 is 2.12 bits per heavy atom. The van der Waals surface area contributed by atoms with E-state index in [9.17, 15) is 13.6 Å². The number of aromatic carboxylic acids is 1. The van der Waals surface area contributed by atoms with Gasteiger partial charge >= 0.3 is 5.97 Å². The number of carboxylic acids is 1. The molecule has 0 spiro atoms. The van der Waals surface area contributed by atoms with Gasteiger partial charge in [0, 0.05) is 18.6 Å². The molecule has 0 saturated carbocycles. The number of rotatable bonds is 3. The summed E-state index contributed by atoms with van der Waals surface area (Å²) in [6.45, 7) is 0. The summed E-state index contributed by atoms with van der Waals surface area (Å²) in [6.07, 6.45) is 0.0445. The molecule has 0 bridgehead atoms. The number of carbonyl (C=O) groups is 1. The van der Waals surface area contributed by atoms with Crippen LogP contribution in [0.4, 0.5) is 8.78 Å². The van der Waals surface area contributed by atoms with Gasteiger partial charge in [-0.05, 0) is 11.6 Å². The lowest BCUT2D eigenvalue weighted by molar-refractivity contribution is 0.0652. The highest BCUT2D eigenvalue weighted by Crippen LogP contribution is 2.14. The Labute approximate surface area is 94.5 Å². The van der Waals surface area contributed by atoms with Crippen molar-refractivity contribution in [3.63, 3.8) is 0 Å². The first-order chi connectivity index (χ1) is 8.06. The summed E-state index contributed by atoms with van der Waals surface area (Å²) in [7, 11) is 0. The normalized spacial score (nSPS) is 10.5. The minimum Gasteiger partial charge on any atom is -0.475 e. The Morgan fingerprint density at radius 1 is 1.35 bits per heavy atom. The summed E-state index contributed by atoms with van der Waals surface area (Å²) >= 11 is 0. The van der Waals surface area contributed by atoms with Crippen molar-refractivity contribution in [1.82, 2.24) is 5.16 Å². The van der Waals surface area contributed by atoms with Crippen LogP contribution in [0.1, 0.15) is 21.8 Å². The molecule has 0 unspecified atom stereocenters. The van der Waals surface area contributed by atoms with Crippen molar-refractivity contribution in [3.8, 4) is 0 Å². The van der Waals surface area contributed by atoms with E-state index >= 15 is 0 Å². The molecule has 0 aliphatic carbocycles. The van der Waals surface area contributed by atoms with Crippen molar-refractivity contribution in [1.29, 1.82) is 0 Å². The molecule has 4 nitrogen and oxygen atoms in total. The van der Waals surface area contributed by atoms with Crippen LogP contribution in [0.5, 0.6) is 0 Å². The molecule has 6 heteroatoms. The van der Waals surface area contributed by atoms with Crippen LogP contribution < -0.4 is 0 Å². The van der Waals surface area contributed by atoms with Gasteiger partial charge in [0.1, 0.15) is 11.6 Å². The summed E-state index contributed by atoms with van der Waals surface area (Å²) in [5, 5.41) is 12.1. The third kappa shape index (κ3) is 2.47. The highest BCUT2D eigenvalue weighted by molar-refractivity contribution is 5.84. The van der Waals surface area contributed by atoms with E-state index in [1.54, 1.807) is 0 Å². The summed E-state index contributed by atoms with van der Waals surface area (Å²) in [5.74, 6) is -2.94. The second-order valence-corrected chi connectivity index (χ2v) is 3.40. The number of aromatic nitrogens is 1. The fourth-order valence-corrected chi connectivity index (χ4v) is 1.36. The molecule has 0 aliphatic heterocycles. The Balaban J connectivity index is 2.22. The third-order valence-corrected chi connectivity index (χ3v) is 2.16. The quantitative estimate of drug-likeness (QED) is 0.892.